The molecule has 20 heteroatoms. The number of rotatable bonds is 19. The first-order valence-corrected chi connectivity index (χ1v) is 16.5. The number of nitrogens with one attached hydrogen (secondary N) is 4. The lowest BCUT2D eigenvalue weighted by molar-refractivity contribution is -0.192. The number of ether oxygens (including phenoxy) is 4. The van der Waals surface area contributed by atoms with Crippen LogP contribution in [-0.2, 0) is 33.3 Å². The summed E-state index contributed by atoms with van der Waals surface area (Å²) in [6.45, 7) is 2.98. The number of aliphatic carboxylic acids is 1. The maximum Gasteiger partial charge on any atom is 0.490 e. The van der Waals surface area contributed by atoms with Crippen molar-refractivity contribution in [3.05, 3.63) is 63.6 Å². The molecule has 1 atom stereocenters. The van der Waals surface area contributed by atoms with E-state index in [1.807, 2.05) is 6.07 Å². The van der Waals surface area contributed by atoms with Crippen LogP contribution in [-0.4, -0.2) is 119 Å². The zero-order valence-electron chi connectivity index (χ0n) is 27.8. The van der Waals surface area contributed by atoms with E-state index in [1.165, 1.54) is 6.07 Å². The Morgan fingerprint density at radius 1 is 0.923 bits per heavy atom. The molecular formula is C32H40Cl2F3N5O10. The molecule has 0 aromatic heterocycles. The number of carbonyl (C=O) groups excluding carboxylic acids is 3. The standard InChI is InChI=1S/C30H39Cl2N5O8.C2HF3O2/c31-23-15-22(16-24(32)18-23)26(19-28(40)45-14-13-44-12-11-43-10-9-42-8-7-38)37-27(39)20-35-29(41)21-3-1-4-25(17-21)36-30-33-5-2-6-34-30;3-2(4,5)1(6)7/h1,3-4,15-18,26,38H,2,5-14,19-20H2,(H,35,41)(H,37,39)(H2,33,34,36);(H,6,7). The molecular weight excluding hydrogens is 742 g/mol. The minimum Gasteiger partial charge on any atom is -0.475 e. The van der Waals surface area contributed by atoms with Crippen molar-refractivity contribution in [3.8, 4) is 0 Å². The van der Waals surface area contributed by atoms with E-state index in [-0.39, 0.29) is 39.4 Å². The van der Waals surface area contributed by atoms with Crippen LogP contribution in [0.5, 0.6) is 0 Å². The zero-order valence-corrected chi connectivity index (χ0v) is 29.3. The van der Waals surface area contributed by atoms with Gasteiger partial charge in [0.2, 0.25) is 5.91 Å². The number of aliphatic imine (C=N–C) groups is 1. The normalized spacial score (nSPS) is 13.0. The first-order chi connectivity index (χ1) is 24.8. The molecule has 0 saturated heterocycles. The average molecular weight is 783 g/mol. The predicted octanol–water partition coefficient (Wildman–Crippen LogP) is 2.95. The molecule has 2 amide bonds. The average Bonchev–Trinajstić information content (AvgIpc) is 3.09. The number of guanidine groups is 1. The predicted molar refractivity (Wildman–Crippen MR) is 183 cm³/mol. The summed E-state index contributed by atoms with van der Waals surface area (Å²) in [6, 6.07) is 10.7. The van der Waals surface area contributed by atoms with E-state index in [0.717, 1.165) is 19.5 Å². The molecule has 1 unspecified atom stereocenters. The van der Waals surface area contributed by atoms with Gasteiger partial charge in [0.1, 0.15) is 6.61 Å². The third kappa shape index (κ3) is 18.9. The fourth-order valence-corrected chi connectivity index (χ4v) is 4.62. The number of anilines is 1. The molecule has 6 N–H and O–H groups in total. The highest BCUT2D eigenvalue weighted by molar-refractivity contribution is 6.34. The molecule has 0 fully saturated rings. The largest absolute Gasteiger partial charge is 0.490 e. The van der Waals surface area contributed by atoms with Gasteiger partial charge in [-0.2, -0.15) is 13.2 Å². The van der Waals surface area contributed by atoms with E-state index in [2.05, 4.69) is 26.3 Å². The Hall–Kier alpha value is -4.20. The Kier molecular flexibility index (Phi) is 20.4. The van der Waals surface area contributed by atoms with E-state index >= 15 is 0 Å². The third-order valence-corrected chi connectivity index (χ3v) is 6.84. The Labute approximate surface area is 307 Å². The molecule has 1 heterocycles. The smallest absolute Gasteiger partial charge is 0.475 e. The summed E-state index contributed by atoms with van der Waals surface area (Å²) in [7, 11) is 0. The van der Waals surface area contributed by atoms with Gasteiger partial charge in [-0.05, 0) is 48.4 Å². The molecule has 0 aliphatic carbocycles. The van der Waals surface area contributed by atoms with Crippen LogP contribution in [0.1, 0.15) is 34.8 Å². The number of carboxylic acid groups (broad SMARTS) is 1. The number of halogens is 5. The number of carbonyl (C=O) groups is 4. The molecule has 0 saturated carbocycles. The van der Waals surface area contributed by atoms with Crippen LogP contribution in [0.3, 0.4) is 0 Å². The van der Waals surface area contributed by atoms with Gasteiger partial charge in [0, 0.05) is 34.4 Å². The number of hydrogen-bond acceptors (Lipinski definition) is 12. The Morgan fingerprint density at radius 3 is 2.12 bits per heavy atom. The summed E-state index contributed by atoms with van der Waals surface area (Å²) in [6.07, 6.45) is -4.34. The molecule has 0 radical (unpaired) electrons. The fourth-order valence-electron chi connectivity index (χ4n) is 4.07. The number of nitrogens with zero attached hydrogens (tertiary/aromatic N) is 1. The molecule has 1 aliphatic heterocycles. The van der Waals surface area contributed by atoms with Gasteiger partial charge in [-0.1, -0.05) is 29.3 Å². The Bertz CT molecular complexity index is 1470. The molecule has 0 spiro atoms. The van der Waals surface area contributed by atoms with Crippen LogP contribution in [0.4, 0.5) is 18.9 Å². The Balaban J connectivity index is 0.00000121. The number of carboxylic acids is 1. The van der Waals surface area contributed by atoms with Gasteiger partial charge >= 0.3 is 18.1 Å². The van der Waals surface area contributed by atoms with Crippen molar-refractivity contribution in [2.75, 3.05) is 77.8 Å². The van der Waals surface area contributed by atoms with Gasteiger partial charge in [-0.3, -0.25) is 19.4 Å². The summed E-state index contributed by atoms with van der Waals surface area (Å²) < 4.78 is 52.8. The number of aliphatic hydroxyl groups excluding tert-OH is 1. The number of amides is 2. The lowest BCUT2D eigenvalue weighted by Crippen LogP contribution is -2.39. The molecule has 3 rings (SSSR count). The SMILES string of the molecule is O=C(CNC(=O)c1cccc(NC2=NCCCN2)c1)NC(CC(=O)OCCOCCOCCOCCO)c1cc(Cl)cc(Cl)c1.O=C(O)C(F)(F)F. The van der Waals surface area contributed by atoms with E-state index < -0.39 is 36.0 Å². The second-order valence-electron chi connectivity index (χ2n) is 10.5. The van der Waals surface area contributed by atoms with Gasteiger partial charge < -0.3 is 50.4 Å². The second-order valence-corrected chi connectivity index (χ2v) is 11.4. The summed E-state index contributed by atoms with van der Waals surface area (Å²) in [5, 5.41) is 28.1. The minimum atomic E-state index is -5.08. The Morgan fingerprint density at radius 2 is 1.54 bits per heavy atom. The van der Waals surface area contributed by atoms with Crippen molar-refractivity contribution in [1.29, 1.82) is 0 Å². The van der Waals surface area contributed by atoms with E-state index in [1.54, 1.807) is 30.3 Å². The summed E-state index contributed by atoms with van der Waals surface area (Å²) in [5.74, 6) is -3.68. The van der Waals surface area contributed by atoms with Gasteiger partial charge in [0.05, 0.1) is 65.3 Å². The lowest BCUT2D eigenvalue weighted by atomic mass is 10.0. The minimum absolute atomic E-state index is 0.00278. The van der Waals surface area contributed by atoms with Crippen molar-refractivity contribution in [2.24, 2.45) is 4.99 Å². The zero-order chi connectivity index (χ0) is 38.4. The summed E-state index contributed by atoms with van der Waals surface area (Å²) in [5.41, 5.74) is 1.53. The molecule has 2 aromatic rings. The van der Waals surface area contributed by atoms with Gasteiger partial charge in [0.15, 0.2) is 5.96 Å². The molecule has 0 bridgehead atoms. The van der Waals surface area contributed by atoms with Gasteiger partial charge in [0.25, 0.3) is 5.91 Å². The van der Waals surface area contributed by atoms with Gasteiger partial charge in [-0.15, -0.1) is 0 Å². The third-order valence-electron chi connectivity index (χ3n) is 6.40. The molecule has 2 aromatic carbocycles. The van der Waals surface area contributed by atoms with Crippen molar-refractivity contribution >= 4 is 58.6 Å². The van der Waals surface area contributed by atoms with Crippen molar-refractivity contribution < 1.29 is 61.5 Å². The maximum atomic E-state index is 12.9. The monoisotopic (exact) mass is 781 g/mol. The van der Waals surface area contributed by atoms with Crippen LogP contribution in [0.2, 0.25) is 10.0 Å². The number of esters is 1. The number of hydrogen-bond donors (Lipinski definition) is 6. The maximum absolute atomic E-state index is 12.9. The van der Waals surface area contributed by atoms with E-state index in [9.17, 15) is 27.6 Å². The highest BCUT2D eigenvalue weighted by atomic mass is 35.5. The van der Waals surface area contributed by atoms with Crippen LogP contribution < -0.4 is 21.3 Å². The van der Waals surface area contributed by atoms with Crippen LogP contribution >= 0.6 is 23.2 Å². The molecule has 288 valence electrons. The molecule has 1 aliphatic rings. The van der Waals surface area contributed by atoms with Crippen molar-refractivity contribution in [1.82, 2.24) is 16.0 Å². The second kappa shape index (κ2) is 24.1. The quantitative estimate of drug-likeness (QED) is 0.0900. The van der Waals surface area contributed by atoms with Crippen LogP contribution in [0.25, 0.3) is 0 Å². The topological polar surface area (TPSA) is 206 Å². The van der Waals surface area contributed by atoms with Gasteiger partial charge in [-0.25, -0.2) is 4.79 Å². The van der Waals surface area contributed by atoms with Crippen molar-refractivity contribution in [2.45, 2.75) is 25.1 Å². The first-order valence-electron chi connectivity index (χ1n) is 15.8. The van der Waals surface area contributed by atoms with Crippen molar-refractivity contribution in [3.63, 3.8) is 0 Å². The highest BCUT2D eigenvalue weighted by Crippen LogP contribution is 2.26. The summed E-state index contributed by atoms with van der Waals surface area (Å²) in [4.78, 5) is 51.5. The summed E-state index contributed by atoms with van der Waals surface area (Å²) >= 11 is 12.3. The van der Waals surface area contributed by atoms with Crippen LogP contribution in [0.15, 0.2) is 47.5 Å². The fraction of sp³-hybridized carbons (Fsp3) is 0.469. The lowest BCUT2D eigenvalue weighted by Gasteiger charge is -2.20. The number of alkyl halides is 3. The number of benzene rings is 2. The number of aliphatic hydroxyl groups is 1. The molecule has 52 heavy (non-hydrogen) atoms. The van der Waals surface area contributed by atoms with E-state index in [0.29, 0.717) is 59.2 Å². The van der Waals surface area contributed by atoms with E-state index in [4.69, 9.17) is 57.2 Å². The highest BCUT2D eigenvalue weighted by Gasteiger charge is 2.38. The molecule has 15 nitrogen and oxygen atoms in total. The first kappa shape index (κ1) is 44.0. The van der Waals surface area contributed by atoms with Crippen LogP contribution in [0, 0.1) is 0 Å².